The van der Waals surface area contributed by atoms with Crippen LogP contribution >= 0.6 is 0 Å². The van der Waals surface area contributed by atoms with Gasteiger partial charge in [-0.25, -0.2) is 0 Å². The summed E-state index contributed by atoms with van der Waals surface area (Å²) in [5.41, 5.74) is 0. The number of aryl methyl sites for hydroxylation is 1. The van der Waals surface area contributed by atoms with Crippen molar-refractivity contribution >= 4 is 5.91 Å². The van der Waals surface area contributed by atoms with Crippen LogP contribution in [0.3, 0.4) is 0 Å². The minimum Gasteiger partial charge on any atom is -0.385 e. The van der Waals surface area contributed by atoms with Crippen molar-refractivity contribution in [3.63, 3.8) is 0 Å². The summed E-state index contributed by atoms with van der Waals surface area (Å²) in [5, 5.41) is 13.9. The van der Waals surface area contributed by atoms with Crippen molar-refractivity contribution in [2.75, 3.05) is 20.3 Å². The summed E-state index contributed by atoms with van der Waals surface area (Å²) < 4.78 is 6.76. The molecule has 0 aromatic carbocycles. The maximum atomic E-state index is 11.8. The second-order valence-corrected chi connectivity index (χ2v) is 4.55. The Labute approximate surface area is 113 Å². The van der Waals surface area contributed by atoms with E-state index in [1.165, 1.54) is 0 Å². The van der Waals surface area contributed by atoms with E-state index in [1.54, 1.807) is 13.4 Å². The van der Waals surface area contributed by atoms with Gasteiger partial charge in [0.2, 0.25) is 5.91 Å². The lowest BCUT2D eigenvalue weighted by Crippen LogP contribution is -2.43. The number of amides is 1. The van der Waals surface area contributed by atoms with Gasteiger partial charge in [-0.1, -0.05) is 0 Å². The van der Waals surface area contributed by atoms with Gasteiger partial charge < -0.3 is 14.6 Å². The summed E-state index contributed by atoms with van der Waals surface area (Å²) in [6, 6.07) is -0.318. The monoisotopic (exact) mass is 269 g/mol. The lowest BCUT2D eigenvalue weighted by Gasteiger charge is -2.18. The van der Waals surface area contributed by atoms with E-state index in [0.717, 1.165) is 12.2 Å². The van der Waals surface area contributed by atoms with Crippen molar-refractivity contribution < 1.29 is 9.53 Å². The fourth-order valence-corrected chi connectivity index (χ4v) is 1.79. The summed E-state index contributed by atoms with van der Waals surface area (Å²) in [6.07, 6.45) is 2.46. The fourth-order valence-electron chi connectivity index (χ4n) is 1.79. The van der Waals surface area contributed by atoms with E-state index in [9.17, 15) is 4.79 Å². The van der Waals surface area contributed by atoms with Gasteiger partial charge in [-0.15, -0.1) is 10.2 Å². The average molecular weight is 269 g/mol. The number of aromatic nitrogens is 3. The number of hydrogen-bond acceptors (Lipinski definition) is 5. The molecule has 1 amide bonds. The molecule has 1 heterocycles. The molecule has 0 saturated heterocycles. The van der Waals surface area contributed by atoms with E-state index in [4.69, 9.17) is 4.74 Å². The highest BCUT2D eigenvalue weighted by atomic mass is 16.5. The van der Waals surface area contributed by atoms with Crippen molar-refractivity contribution in [2.24, 2.45) is 7.05 Å². The molecule has 2 N–H and O–H groups in total. The number of ether oxygens (including phenoxy) is 1. The Hall–Kier alpha value is -1.47. The fraction of sp³-hybridized carbons (Fsp3) is 0.750. The molecule has 0 aliphatic heterocycles. The zero-order chi connectivity index (χ0) is 14.3. The molecule has 2 unspecified atom stereocenters. The first kappa shape index (κ1) is 15.6. The largest absolute Gasteiger partial charge is 0.385 e. The molecule has 0 radical (unpaired) electrons. The molecule has 7 nitrogen and oxygen atoms in total. The number of nitrogens with zero attached hydrogens (tertiary/aromatic N) is 3. The molecular formula is C12H23N5O2. The van der Waals surface area contributed by atoms with Gasteiger partial charge in [0, 0.05) is 27.3 Å². The third-order valence-corrected chi connectivity index (χ3v) is 2.85. The molecule has 0 bridgehead atoms. The highest BCUT2D eigenvalue weighted by Crippen LogP contribution is 2.07. The number of carbonyl (C=O) groups excluding carboxylic acids is 1. The number of rotatable bonds is 8. The van der Waals surface area contributed by atoms with Crippen LogP contribution in [-0.2, 0) is 16.6 Å². The summed E-state index contributed by atoms with van der Waals surface area (Å²) in [6.45, 7) is 5.06. The molecule has 0 aliphatic rings. The molecule has 1 aromatic heterocycles. The summed E-state index contributed by atoms with van der Waals surface area (Å²) in [4.78, 5) is 11.8. The van der Waals surface area contributed by atoms with E-state index in [0.29, 0.717) is 13.2 Å². The van der Waals surface area contributed by atoms with Crippen LogP contribution in [0, 0.1) is 0 Å². The molecule has 0 fully saturated rings. The molecule has 19 heavy (non-hydrogen) atoms. The highest BCUT2D eigenvalue weighted by Gasteiger charge is 2.18. The lowest BCUT2D eigenvalue weighted by atomic mass is 10.2. The van der Waals surface area contributed by atoms with Crippen molar-refractivity contribution in [2.45, 2.75) is 32.4 Å². The van der Waals surface area contributed by atoms with Crippen molar-refractivity contribution in [1.29, 1.82) is 0 Å². The maximum Gasteiger partial charge on any atom is 0.236 e. The molecule has 0 aliphatic carbocycles. The van der Waals surface area contributed by atoms with Crippen LogP contribution in [0.5, 0.6) is 0 Å². The lowest BCUT2D eigenvalue weighted by molar-refractivity contribution is -0.123. The second kappa shape index (κ2) is 7.85. The van der Waals surface area contributed by atoms with Crippen LogP contribution in [0.25, 0.3) is 0 Å². The van der Waals surface area contributed by atoms with Gasteiger partial charge in [-0.2, -0.15) is 0 Å². The zero-order valence-electron chi connectivity index (χ0n) is 12.0. The quantitative estimate of drug-likeness (QED) is 0.650. The standard InChI is InChI=1S/C12H23N5O2/c1-9(11-16-14-8-17(11)3)15-10(2)12(18)13-6-5-7-19-4/h8-10,15H,5-7H2,1-4H3,(H,13,18). The van der Waals surface area contributed by atoms with Crippen LogP contribution in [0.1, 0.15) is 32.1 Å². The smallest absolute Gasteiger partial charge is 0.236 e. The molecule has 0 spiro atoms. The van der Waals surface area contributed by atoms with Crippen molar-refractivity contribution in [3.05, 3.63) is 12.2 Å². The number of hydrogen-bond donors (Lipinski definition) is 2. The molecule has 0 saturated carbocycles. The van der Waals surface area contributed by atoms with E-state index >= 15 is 0 Å². The van der Waals surface area contributed by atoms with Gasteiger partial charge in [0.25, 0.3) is 0 Å². The Bertz CT molecular complexity index is 393. The molecule has 108 valence electrons. The van der Waals surface area contributed by atoms with Gasteiger partial charge in [-0.05, 0) is 20.3 Å². The Morgan fingerprint density at radius 3 is 2.84 bits per heavy atom. The normalized spacial score (nSPS) is 14.1. The first-order chi connectivity index (χ1) is 9.06. The highest BCUT2D eigenvalue weighted by molar-refractivity contribution is 5.81. The zero-order valence-corrected chi connectivity index (χ0v) is 12.0. The predicted molar refractivity (Wildman–Crippen MR) is 71.5 cm³/mol. The van der Waals surface area contributed by atoms with Gasteiger partial charge >= 0.3 is 0 Å². The minimum absolute atomic E-state index is 0.0230. The Morgan fingerprint density at radius 2 is 2.26 bits per heavy atom. The molecule has 1 rings (SSSR count). The van der Waals surface area contributed by atoms with Gasteiger partial charge in [0.1, 0.15) is 12.2 Å². The minimum atomic E-state index is -0.283. The summed E-state index contributed by atoms with van der Waals surface area (Å²) in [5.74, 6) is 0.782. The van der Waals surface area contributed by atoms with Crippen LogP contribution < -0.4 is 10.6 Å². The Kier molecular flexibility index (Phi) is 6.44. The van der Waals surface area contributed by atoms with Gasteiger partial charge in [0.15, 0.2) is 0 Å². The number of nitrogens with one attached hydrogen (secondary N) is 2. The van der Waals surface area contributed by atoms with Crippen LogP contribution in [0.4, 0.5) is 0 Å². The topological polar surface area (TPSA) is 81.1 Å². The SMILES string of the molecule is COCCCNC(=O)C(C)NC(C)c1nncn1C. The van der Waals surface area contributed by atoms with Crippen molar-refractivity contribution in [1.82, 2.24) is 25.4 Å². The Morgan fingerprint density at radius 1 is 1.53 bits per heavy atom. The predicted octanol–water partition coefficient (Wildman–Crippen LogP) is 0.00690. The average Bonchev–Trinajstić information content (AvgIpc) is 2.80. The molecule has 7 heteroatoms. The third-order valence-electron chi connectivity index (χ3n) is 2.85. The summed E-state index contributed by atoms with van der Waals surface area (Å²) >= 11 is 0. The first-order valence-corrected chi connectivity index (χ1v) is 6.42. The van der Waals surface area contributed by atoms with E-state index < -0.39 is 0 Å². The number of methoxy groups -OCH3 is 1. The van der Waals surface area contributed by atoms with E-state index in [1.807, 2.05) is 25.5 Å². The number of carbonyl (C=O) groups is 1. The van der Waals surface area contributed by atoms with Crippen molar-refractivity contribution in [3.8, 4) is 0 Å². The van der Waals surface area contributed by atoms with Crippen LogP contribution in [-0.4, -0.2) is 47.0 Å². The first-order valence-electron chi connectivity index (χ1n) is 6.42. The molecular weight excluding hydrogens is 246 g/mol. The third kappa shape index (κ3) is 4.96. The Balaban J connectivity index is 2.35. The molecule has 1 aromatic rings. The van der Waals surface area contributed by atoms with Crippen LogP contribution in [0.2, 0.25) is 0 Å². The van der Waals surface area contributed by atoms with E-state index in [2.05, 4.69) is 20.8 Å². The van der Waals surface area contributed by atoms with E-state index in [-0.39, 0.29) is 18.0 Å². The van der Waals surface area contributed by atoms with Crippen LogP contribution in [0.15, 0.2) is 6.33 Å². The second-order valence-electron chi connectivity index (χ2n) is 4.55. The van der Waals surface area contributed by atoms with Gasteiger partial charge in [-0.3, -0.25) is 10.1 Å². The van der Waals surface area contributed by atoms with Gasteiger partial charge in [0.05, 0.1) is 12.1 Å². The summed E-state index contributed by atoms with van der Waals surface area (Å²) in [7, 11) is 3.53. The molecule has 2 atom stereocenters. The maximum absolute atomic E-state index is 11.8.